The van der Waals surface area contributed by atoms with E-state index in [1.807, 2.05) is 9.80 Å². The number of rotatable bonds is 0. The van der Waals surface area contributed by atoms with Gasteiger partial charge in [-0.2, -0.15) is 0 Å². The Hall–Kier alpha value is -2.29. The van der Waals surface area contributed by atoms with Crippen LogP contribution in [0.1, 0.15) is 11.1 Å². The number of urea groups is 1. The zero-order valence-corrected chi connectivity index (χ0v) is 11.2. The molecule has 100 valence electrons. The highest BCUT2D eigenvalue weighted by molar-refractivity contribution is 6.06. The molecule has 7 rings (SSSR count). The summed E-state index contributed by atoms with van der Waals surface area (Å²) in [7, 11) is 0. The van der Waals surface area contributed by atoms with Gasteiger partial charge in [0.05, 0.1) is 0 Å². The van der Waals surface area contributed by atoms with Crippen LogP contribution in [0.5, 0.6) is 0 Å². The fourth-order valence-electron chi connectivity index (χ4n) is 2.99. The van der Waals surface area contributed by atoms with E-state index in [0.717, 1.165) is 37.3 Å². The van der Waals surface area contributed by atoms with Gasteiger partial charge < -0.3 is 0 Å². The molecule has 0 spiro atoms. The third-order valence-corrected chi connectivity index (χ3v) is 4.21. The van der Waals surface area contributed by atoms with Crippen molar-refractivity contribution >= 4 is 17.4 Å². The molecule has 2 amide bonds. The van der Waals surface area contributed by atoms with Gasteiger partial charge in [0.25, 0.3) is 0 Å². The highest BCUT2D eigenvalue weighted by atomic mass is 16.2. The summed E-state index contributed by atoms with van der Waals surface area (Å²) in [4.78, 5) is 16.3. The van der Waals surface area contributed by atoms with Crippen LogP contribution in [-0.2, 0) is 12.8 Å². The number of hydrogen-bond donors (Lipinski definition) is 0. The van der Waals surface area contributed by atoms with Crippen LogP contribution in [0.15, 0.2) is 48.5 Å². The van der Waals surface area contributed by atoms with Crippen molar-refractivity contribution in [3.8, 4) is 0 Å². The van der Waals surface area contributed by atoms with E-state index in [0.29, 0.717) is 0 Å². The highest BCUT2D eigenvalue weighted by Gasteiger charge is 2.30. The lowest BCUT2D eigenvalue weighted by molar-refractivity contribution is 0.256. The molecule has 20 heavy (non-hydrogen) atoms. The summed E-state index contributed by atoms with van der Waals surface area (Å²) in [6.07, 6.45) is 2.08. The van der Waals surface area contributed by atoms with Gasteiger partial charge in [-0.05, 0) is 48.2 Å². The van der Waals surface area contributed by atoms with Gasteiger partial charge in [0, 0.05) is 24.5 Å². The Kier molecular flexibility index (Phi) is 2.52. The van der Waals surface area contributed by atoms with Crippen molar-refractivity contribution in [1.29, 1.82) is 0 Å². The zero-order chi connectivity index (χ0) is 13.5. The van der Waals surface area contributed by atoms with Crippen molar-refractivity contribution in [2.45, 2.75) is 12.8 Å². The third kappa shape index (κ3) is 1.78. The zero-order valence-electron chi connectivity index (χ0n) is 11.2. The molecule has 1 saturated heterocycles. The Morgan fingerprint density at radius 2 is 1.05 bits per heavy atom. The predicted molar refractivity (Wildman–Crippen MR) is 80.4 cm³/mol. The van der Waals surface area contributed by atoms with Gasteiger partial charge in [-0.15, -0.1) is 0 Å². The molecule has 1 fully saturated rings. The van der Waals surface area contributed by atoms with E-state index in [1.165, 1.54) is 11.1 Å². The van der Waals surface area contributed by atoms with Crippen LogP contribution < -0.4 is 9.80 Å². The Labute approximate surface area is 118 Å². The van der Waals surface area contributed by atoms with Crippen molar-refractivity contribution in [2.75, 3.05) is 22.9 Å². The van der Waals surface area contributed by atoms with E-state index in [-0.39, 0.29) is 6.03 Å². The molecule has 2 aromatic rings. The largest absolute Gasteiger partial charge is 0.329 e. The van der Waals surface area contributed by atoms with E-state index in [4.69, 9.17) is 0 Å². The summed E-state index contributed by atoms with van der Waals surface area (Å²) in [6.45, 7) is 1.50. The molecule has 0 aliphatic carbocycles. The van der Waals surface area contributed by atoms with Crippen molar-refractivity contribution < 1.29 is 4.79 Å². The molecule has 0 radical (unpaired) electrons. The minimum Gasteiger partial charge on any atom is -0.292 e. The van der Waals surface area contributed by atoms with Gasteiger partial charge in [-0.3, -0.25) is 9.80 Å². The molecule has 0 unspecified atom stereocenters. The first-order valence-electron chi connectivity index (χ1n) is 7.08. The van der Waals surface area contributed by atoms with E-state index in [1.54, 1.807) is 0 Å². The lowest BCUT2D eigenvalue weighted by atomic mass is 10.0. The predicted octanol–water partition coefficient (Wildman–Crippen LogP) is 3.23. The van der Waals surface area contributed by atoms with Gasteiger partial charge in [0.1, 0.15) is 0 Å². The molecule has 2 aromatic carbocycles. The topological polar surface area (TPSA) is 23.6 Å². The summed E-state index contributed by atoms with van der Waals surface area (Å²) in [5.41, 5.74) is 4.63. The summed E-state index contributed by atoms with van der Waals surface area (Å²) < 4.78 is 0. The van der Waals surface area contributed by atoms with Crippen LogP contribution in [0.2, 0.25) is 0 Å². The molecular weight excluding hydrogens is 248 g/mol. The highest BCUT2D eigenvalue weighted by Crippen LogP contribution is 2.27. The molecular formula is C17H16N2O. The monoisotopic (exact) mass is 264 g/mol. The molecule has 0 atom stereocenters. The fourth-order valence-corrected chi connectivity index (χ4v) is 2.99. The second kappa shape index (κ2) is 4.37. The van der Waals surface area contributed by atoms with E-state index < -0.39 is 0 Å². The average molecular weight is 264 g/mol. The van der Waals surface area contributed by atoms with Crippen LogP contribution in [0, 0.1) is 0 Å². The van der Waals surface area contributed by atoms with Crippen LogP contribution in [0.4, 0.5) is 16.2 Å². The van der Waals surface area contributed by atoms with Gasteiger partial charge in [0.15, 0.2) is 0 Å². The summed E-state index contributed by atoms with van der Waals surface area (Å²) in [6, 6.07) is 16.9. The molecule has 6 bridgehead atoms. The van der Waals surface area contributed by atoms with Crippen molar-refractivity contribution in [1.82, 2.24) is 0 Å². The van der Waals surface area contributed by atoms with Crippen molar-refractivity contribution in [3.05, 3.63) is 59.7 Å². The first-order valence-corrected chi connectivity index (χ1v) is 7.08. The number of amides is 2. The SMILES string of the molecule is O=C1N2CCN1c1ccc(cc1)CCc1ccc2cc1. The molecule has 0 aromatic heterocycles. The van der Waals surface area contributed by atoms with Crippen LogP contribution in [0.3, 0.4) is 0 Å². The number of benzene rings is 2. The van der Waals surface area contributed by atoms with E-state index >= 15 is 0 Å². The van der Waals surface area contributed by atoms with Gasteiger partial charge >= 0.3 is 6.03 Å². The number of carbonyl (C=O) groups is 1. The van der Waals surface area contributed by atoms with Gasteiger partial charge in [0.2, 0.25) is 0 Å². The van der Waals surface area contributed by atoms with Gasteiger partial charge in [-0.1, -0.05) is 24.3 Å². The fraction of sp³-hybridized carbons (Fsp3) is 0.235. The third-order valence-electron chi connectivity index (χ3n) is 4.21. The van der Waals surface area contributed by atoms with Crippen molar-refractivity contribution in [2.24, 2.45) is 0 Å². The number of anilines is 2. The summed E-state index contributed by atoms with van der Waals surface area (Å²) in [5.74, 6) is 0. The normalized spacial score (nSPS) is 17.1. The molecule has 5 aliphatic heterocycles. The molecule has 3 heteroatoms. The molecule has 0 N–H and O–H groups in total. The minimum absolute atomic E-state index is 0.0738. The first-order chi connectivity index (χ1) is 9.81. The second-order valence-electron chi connectivity index (χ2n) is 5.42. The van der Waals surface area contributed by atoms with Crippen LogP contribution >= 0.6 is 0 Å². The Morgan fingerprint density at radius 1 is 0.650 bits per heavy atom. The lowest BCUT2D eigenvalue weighted by Gasteiger charge is -2.18. The Morgan fingerprint density at radius 3 is 1.45 bits per heavy atom. The summed E-state index contributed by atoms with van der Waals surface area (Å²) in [5, 5.41) is 0. The van der Waals surface area contributed by atoms with Crippen LogP contribution in [0.25, 0.3) is 0 Å². The number of nitrogens with zero attached hydrogens (tertiary/aromatic N) is 2. The van der Waals surface area contributed by atoms with E-state index in [2.05, 4.69) is 48.5 Å². The summed E-state index contributed by atoms with van der Waals surface area (Å²) >= 11 is 0. The van der Waals surface area contributed by atoms with E-state index in [9.17, 15) is 4.79 Å². The maximum atomic E-state index is 12.5. The maximum absolute atomic E-state index is 12.5. The average Bonchev–Trinajstić information content (AvgIpc) is 2.89. The smallest absolute Gasteiger partial charge is 0.292 e. The van der Waals surface area contributed by atoms with Crippen molar-refractivity contribution in [3.63, 3.8) is 0 Å². The maximum Gasteiger partial charge on any atom is 0.329 e. The number of hydrogen-bond acceptors (Lipinski definition) is 1. The quantitative estimate of drug-likeness (QED) is 0.716. The van der Waals surface area contributed by atoms with Gasteiger partial charge in [-0.25, -0.2) is 4.79 Å². The Balaban J connectivity index is 1.84. The molecule has 3 nitrogen and oxygen atoms in total. The molecule has 5 aliphatic rings. The number of aryl methyl sites for hydroxylation is 2. The molecule has 0 saturated carbocycles. The van der Waals surface area contributed by atoms with Crippen LogP contribution in [-0.4, -0.2) is 19.1 Å². The Bertz CT molecular complexity index is 588. The second-order valence-corrected chi connectivity index (χ2v) is 5.42. The lowest BCUT2D eigenvalue weighted by Crippen LogP contribution is -2.31. The standard InChI is InChI=1S/C17H16N2O/c20-17-18-11-12-19(17)16-9-5-14(6-10-16)2-1-13-3-7-15(18)8-4-13/h3-10H,1-2,11-12H2. The minimum atomic E-state index is 0.0738. The number of carbonyl (C=O) groups excluding carboxylic acids is 1. The molecule has 5 heterocycles. The first kappa shape index (κ1) is 11.5.